The number of likely N-dealkylation sites (N-methyl/N-ethyl adjacent to an activating group) is 2. The zero-order valence-electron chi connectivity index (χ0n) is 23.3. The molecule has 10 nitrogen and oxygen atoms in total. The number of carbonyl (C=O) groups excluding carboxylic acids is 2. The summed E-state index contributed by atoms with van der Waals surface area (Å²) >= 11 is 0. The minimum absolute atomic E-state index is 0.179. The molecule has 0 unspecified atom stereocenters. The second-order valence-electron chi connectivity index (χ2n) is 10.5. The van der Waals surface area contributed by atoms with Crippen LogP contribution < -0.4 is 0 Å². The van der Waals surface area contributed by atoms with Gasteiger partial charge < -0.3 is 18.1 Å². The third-order valence-corrected chi connectivity index (χ3v) is 6.52. The second kappa shape index (κ2) is 14.7. The predicted molar refractivity (Wildman–Crippen MR) is 139 cm³/mol. The molecule has 0 aromatic heterocycles. The minimum atomic E-state index is -6.09. The summed E-state index contributed by atoms with van der Waals surface area (Å²) < 4.78 is 119. The van der Waals surface area contributed by atoms with Crippen molar-refractivity contribution >= 4 is 42.6 Å². The second-order valence-corrected chi connectivity index (χ2v) is 13.2. The van der Waals surface area contributed by atoms with E-state index in [1.54, 1.807) is 6.92 Å². The van der Waals surface area contributed by atoms with Gasteiger partial charge in [0.05, 0.1) is 41.3 Å². The molecule has 0 aliphatic carbocycles. The Kier molecular flexibility index (Phi) is 13.8. The zero-order valence-corrected chi connectivity index (χ0v) is 25.0. The van der Waals surface area contributed by atoms with Crippen LogP contribution in [0.5, 0.6) is 0 Å². The van der Waals surface area contributed by atoms with Gasteiger partial charge in [-0.1, -0.05) is 36.4 Å². The molecule has 0 heterocycles. The van der Waals surface area contributed by atoms with E-state index in [9.17, 15) is 35.9 Å². The Morgan fingerprint density at radius 1 is 0.714 bits per heavy atom. The number of benzene rings is 2. The van der Waals surface area contributed by atoms with E-state index >= 15 is 0 Å². The lowest BCUT2D eigenvalue weighted by Gasteiger charge is -2.32. The molecule has 0 aliphatic rings. The van der Waals surface area contributed by atoms with Crippen LogP contribution >= 0.6 is 0 Å². The van der Waals surface area contributed by atoms with E-state index in [2.05, 4.69) is 34.3 Å². The van der Waals surface area contributed by atoms with Gasteiger partial charge in [0, 0.05) is 18.9 Å². The number of rotatable bonds is 9. The van der Waals surface area contributed by atoms with Gasteiger partial charge in [0.1, 0.15) is 13.1 Å². The summed E-state index contributed by atoms with van der Waals surface area (Å²) in [5, 5.41) is 2.26. The van der Waals surface area contributed by atoms with Crippen LogP contribution in [0.15, 0.2) is 42.5 Å². The maximum atomic E-state index is 12.7. The van der Waals surface area contributed by atoms with E-state index in [1.165, 1.54) is 0 Å². The van der Waals surface area contributed by atoms with Crippen LogP contribution in [0.4, 0.5) is 26.3 Å². The molecule has 18 heteroatoms. The molecule has 0 atom stereocenters. The Labute approximate surface area is 240 Å². The topological polar surface area (TPSA) is 149 Å². The maximum Gasteiger partial charge on any atom is 0.485 e. The molecule has 0 aliphatic heterocycles. The summed E-state index contributed by atoms with van der Waals surface area (Å²) in [5.41, 5.74) is -10.5. The van der Waals surface area contributed by atoms with E-state index in [1.807, 2.05) is 36.4 Å². The van der Waals surface area contributed by atoms with Crippen LogP contribution in [0.25, 0.3) is 10.8 Å². The van der Waals surface area contributed by atoms with Gasteiger partial charge in [0.2, 0.25) is 5.78 Å². The number of fused-ring (bicyclic) bond motifs is 1. The molecule has 0 bridgehead atoms. The molecule has 2 aromatic rings. The minimum Gasteiger partial charge on any atom is -0.741 e. The molecule has 0 saturated heterocycles. The molecule has 0 fully saturated rings. The normalized spacial score (nSPS) is 13.0. The smallest absolute Gasteiger partial charge is 0.485 e. The highest BCUT2D eigenvalue weighted by Crippen LogP contribution is 2.21. The largest absolute Gasteiger partial charge is 0.741 e. The Morgan fingerprint density at radius 3 is 1.48 bits per heavy atom. The average molecular weight is 655 g/mol. The van der Waals surface area contributed by atoms with Crippen LogP contribution in [-0.4, -0.2) is 112 Å². The third-order valence-electron chi connectivity index (χ3n) is 5.39. The first-order valence-corrected chi connectivity index (χ1v) is 14.6. The lowest BCUT2D eigenvalue weighted by molar-refractivity contribution is -0.901. The van der Waals surface area contributed by atoms with Gasteiger partial charge >= 0.3 is 11.0 Å². The lowest BCUT2D eigenvalue weighted by atomic mass is 10.0. The summed E-state index contributed by atoms with van der Waals surface area (Å²) in [5.74, 6) is 0.397. The van der Waals surface area contributed by atoms with Crippen molar-refractivity contribution in [2.24, 2.45) is 0 Å². The molecule has 240 valence electrons. The van der Waals surface area contributed by atoms with Crippen molar-refractivity contribution in [3.63, 3.8) is 0 Å². The Morgan fingerprint density at radius 2 is 1.10 bits per heavy atom. The average Bonchev–Trinajstić information content (AvgIpc) is 2.75. The summed E-state index contributed by atoms with van der Waals surface area (Å²) in [6, 6.07) is 14.0. The van der Waals surface area contributed by atoms with Gasteiger partial charge in [0.25, 0.3) is 0 Å². The van der Waals surface area contributed by atoms with Gasteiger partial charge in [-0.25, -0.2) is 16.8 Å². The van der Waals surface area contributed by atoms with Crippen molar-refractivity contribution in [1.82, 2.24) is 0 Å². The first-order valence-electron chi connectivity index (χ1n) is 11.8. The van der Waals surface area contributed by atoms with Crippen molar-refractivity contribution < 1.29 is 70.8 Å². The molecule has 0 saturated carbocycles. The summed E-state index contributed by atoms with van der Waals surface area (Å²) in [7, 11) is -3.81. The fourth-order valence-corrected chi connectivity index (χ4v) is 3.53. The van der Waals surface area contributed by atoms with E-state index in [-0.39, 0.29) is 11.6 Å². The third kappa shape index (κ3) is 15.0. The van der Waals surface area contributed by atoms with Gasteiger partial charge in [-0.15, -0.1) is 0 Å². The van der Waals surface area contributed by atoms with Crippen molar-refractivity contribution in [2.45, 2.75) is 24.4 Å². The molecule has 42 heavy (non-hydrogen) atoms. The van der Waals surface area contributed by atoms with E-state index in [0.29, 0.717) is 22.1 Å². The van der Waals surface area contributed by atoms with E-state index in [4.69, 9.17) is 25.9 Å². The highest BCUT2D eigenvalue weighted by atomic mass is 32.2. The number of carbonyl (C=O) groups is 2. The van der Waals surface area contributed by atoms with Crippen LogP contribution in [0.3, 0.4) is 0 Å². The number of Topliss-reactive ketones (excluding diaryl/α,β-unsaturated/α-hetero) is 2. The number of hydrogen-bond donors (Lipinski definition) is 0. The van der Waals surface area contributed by atoms with Gasteiger partial charge in [-0.05, 0) is 16.8 Å². The standard InChI is InChI=1S/C22H32N2O2.2CHF3O3S/c1-18(25)16-23(2,3)13-8-14-24(4,5)17-22(26)21-12-11-19-9-6-7-10-20(19)15-21;2*2-1(3,4)8(5,6)7/h6-7,9-12,15H,8,13-14,16-17H2,1-5H3;2*(H,5,6,7)/q+2;;/p-2. The van der Waals surface area contributed by atoms with Crippen LogP contribution in [-0.2, 0) is 25.0 Å². The quantitative estimate of drug-likeness (QED) is 0.132. The monoisotopic (exact) mass is 654 g/mol. The number of halogens is 6. The highest BCUT2D eigenvalue weighted by molar-refractivity contribution is 7.86. The fraction of sp³-hybridized carbons (Fsp3) is 0.500. The molecule has 0 spiro atoms. The molecular formula is C24H32F6N2O8S2. The number of alkyl halides is 6. The lowest BCUT2D eigenvalue weighted by Crippen LogP contribution is -2.48. The number of hydrogen-bond acceptors (Lipinski definition) is 8. The Balaban J connectivity index is 0.000000861. The van der Waals surface area contributed by atoms with E-state index in [0.717, 1.165) is 35.8 Å². The maximum absolute atomic E-state index is 12.7. The molecule has 2 rings (SSSR count). The summed E-state index contributed by atoms with van der Waals surface area (Å²) in [4.78, 5) is 24.1. The number of ketones is 2. The fourth-order valence-electron chi connectivity index (χ4n) is 3.53. The number of nitrogens with zero attached hydrogens (tertiary/aromatic N) is 2. The Hall–Kier alpha value is -2.64. The molecule has 0 amide bonds. The summed E-state index contributed by atoms with van der Waals surface area (Å²) in [6.07, 6.45) is 0.984. The number of quaternary nitrogens is 2. The van der Waals surface area contributed by atoms with Gasteiger partial charge in [0.15, 0.2) is 26.0 Å². The molecule has 0 N–H and O–H groups in total. The molecular weight excluding hydrogens is 622 g/mol. The Bertz CT molecular complexity index is 1400. The van der Waals surface area contributed by atoms with Crippen LogP contribution in [0.1, 0.15) is 23.7 Å². The molecule has 0 radical (unpaired) electrons. The summed E-state index contributed by atoms with van der Waals surface area (Å²) in [6.45, 7) is 4.54. The van der Waals surface area contributed by atoms with E-state index < -0.39 is 31.3 Å². The van der Waals surface area contributed by atoms with Crippen LogP contribution in [0, 0.1) is 0 Å². The van der Waals surface area contributed by atoms with Crippen LogP contribution in [0.2, 0.25) is 0 Å². The first kappa shape index (κ1) is 39.4. The zero-order chi connectivity index (χ0) is 33.4. The first-order chi connectivity index (χ1) is 18.6. The highest BCUT2D eigenvalue weighted by Gasteiger charge is 2.37. The van der Waals surface area contributed by atoms with Crippen molar-refractivity contribution in [1.29, 1.82) is 0 Å². The SMILES string of the molecule is CC(=O)C[N+](C)(C)CCC[N+](C)(C)CC(=O)c1ccc2ccccc2c1.O=S(=O)([O-])C(F)(F)F.O=S(=O)([O-])C(F)(F)F. The van der Waals surface area contributed by atoms with Gasteiger partial charge in [-0.2, -0.15) is 26.3 Å². The predicted octanol–water partition coefficient (Wildman–Crippen LogP) is 3.26. The van der Waals surface area contributed by atoms with Crippen molar-refractivity contribution in [3.8, 4) is 0 Å². The van der Waals surface area contributed by atoms with Crippen molar-refractivity contribution in [3.05, 3.63) is 48.0 Å². The van der Waals surface area contributed by atoms with Crippen molar-refractivity contribution in [2.75, 3.05) is 54.4 Å². The molecule has 2 aromatic carbocycles. The van der Waals surface area contributed by atoms with Gasteiger partial charge in [-0.3, -0.25) is 9.59 Å².